The first-order chi connectivity index (χ1) is 8.52. The summed E-state index contributed by atoms with van der Waals surface area (Å²) in [7, 11) is 0. The van der Waals surface area contributed by atoms with Crippen LogP contribution in [0.15, 0.2) is 31.0 Å². The number of hydrogen-bond donors (Lipinski definition) is 3. The van der Waals surface area contributed by atoms with Crippen molar-refractivity contribution in [2.75, 3.05) is 0 Å². The molecule has 1 atom stereocenters. The van der Waals surface area contributed by atoms with Crippen molar-refractivity contribution in [3.05, 3.63) is 42.2 Å². The standard InChI is InChI=1S/C12H15N3O3/c1-3-8(2)15-12(18)14-7-9-4-5-10(11(16)17)13-6-9/h3-6,8H,1,7H2,2H3,(H,16,17)(H2,14,15,18). The quantitative estimate of drug-likeness (QED) is 0.683. The number of aromatic carboxylic acids is 1. The molecule has 0 aromatic carbocycles. The van der Waals surface area contributed by atoms with Gasteiger partial charge >= 0.3 is 12.0 Å². The van der Waals surface area contributed by atoms with Crippen LogP contribution in [0.3, 0.4) is 0 Å². The number of urea groups is 1. The molecule has 0 saturated heterocycles. The van der Waals surface area contributed by atoms with Crippen molar-refractivity contribution in [2.24, 2.45) is 0 Å². The number of carboxylic acid groups (broad SMARTS) is 1. The molecule has 0 fully saturated rings. The lowest BCUT2D eigenvalue weighted by molar-refractivity contribution is 0.0690. The maximum absolute atomic E-state index is 11.4. The number of hydrogen-bond acceptors (Lipinski definition) is 3. The largest absolute Gasteiger partial charge is 0.477 e. The van der Waals surface area contributed by atoms with E-state index in [1.807, 2.05) is 0 Å². The van der Waals surface area contributed by atoms with Gasteiger partial charge in [-0.25, -0.2) is 14.6 Å². The van der Waals surface area contributed by atoms with Gasteiger partial charge in [0, 0.05) is 18.8 Å². The van der Waals surface area contributed by atoms with E-state index in [1.165, 1.54) is 12.3 Å². The van der Waals surface area contributed by atoms with Gasteiger partial charge in [0.25, 0.3) is 0 Å². The minimum absolute atomic E-state index is 0.0246. The van der Waals surface area contributed by atoms with E-state index < -0.39 is 5.97 Å². The van der Waals surface area contributed by atoms with Crippen molar-refractivity contribution in [1.82, 2.24) is 15.6 Å². The van der Waals surface area contributed by atoms with Gasteiger partial charge in [0.2, 0.25) is 0 Å². The summed E-state index contributed by atoms with van der Waals surface area (Å²) in [5.74, 6) is -1.08. The summed E-state index contributed by atoms with van der Waals surface area (Å²) in [5.41, 5.74) is 0.699. The van der Waals surface area contributed by atoms with Crippen LogP contribution >= 0.6 is 0 Å². The highest BCUT2D eigenvalue weighted by atomic mass is 16.4. The highest BCUT2D eigenvalue weighted by Crippen LogP contribution is 2.00. The SMILES string of the molecule is C=CC(C)NC(=O)NCc1ccc(C(=O)O)nc1. The average Bonchev–Trinajstić information content (AvgIpc) is 2.36. The van der Waals surface area contributed by atoms with E-state index in [0.29, 0.717) is 0 Å². The van der Waals surface area contributed by atoms with Crippen LogP contribution in [0.4, 0.5) is 4.79 Å². The molecule has 1 heterocycles. The summed E-state index contributed by atoms with van der Waals surface area (Å²) in [6.45, 7) is 5.63. The molecular formula is C12H15N3O3. The zero-order chi connectivity index (χ0) is 13.5. The van der Waals surface area contributed by atoms with Gasteiger partial charge in [-0.05, 0) is 18.6 Å². The number of nitrogens with zero attached hydrogens (tertiary/aromatic N) is 1. The minimum atomic E-state index is -1.08. The van der Waals surface area contributed by atoms with Gasteiger partial charge in [-0.15, -0.1) is 6.58 Å². The molecule has 6 nitrogen and oxygen atoms in total. The second-order valence-electron chi connectivity index (χ2n) is 3.71. The van der Waals surface area contributed by atoms with E-state index in [9.17, 15) is 9.59 Å². The second kappa shape index (κ2) is 6.39. The number of aromatic nitrogens is 1. The lowest BCUT2D eigenvalue weighted by Gasteiger charge is -2.10. The predicted molar refractivity (Wildman–Crippen MR) is 66.2 cm³/mol. The number of carboxylic acids is 1. The predicted octanol–water partition coefficient (Wildman–Crippen LogP) is 1.15. The van der Waals surface area contributed by atoms with Crippen LogP contribution in [-0.2, 0) is 6.54 Å². The molecule has 0 aliphatic carbocycles. The van der Waals surface area contributed by atoms with E-state index in [0.717, 1.165) is 5.56 Å². The maximum atomic E-state index is 11.4. The van der Waals surface area contributed by atoms with Crippen LogP contribution in [0.5, 0.6) is 0 Å². The third-order valence-corrected chi connectivity index (χ3v) is 2.21. The number of carbonyl (C=O) groups excluding carboxylic acids is 1. The first-order valence-corrected chi connectivity index (χ1v) is 5.38. The molecule has 1 aromatic heterocycles. The molecule has 0 aliphatic heterocycles. The Morgan fingerprint density at radius 2 is 2.28 bits per heavy atom. The number of rotatable bonds is 5. The summed E-state index contributed by atoms with van der Waals surface area (Å²) in [4.78, 5) is 25.7. The molecule has 96 valence electrons. The molecule has 3 N–H and O–H groups in total. The van der Waals surface area contributed by atoms with Crippen LogP contribution in [0.2, 0.25) is 0 Å². The van der Waals surface area contributed by atoms with Crippen LogP contribution in [0.1, 0.15) is 23.0 Å². The zero-order valence-corrected chi connectivity index (χ0v) is 10.0. The van der Waals surface area contributed by atoms with Crippen molar-refractivity contribution in [3.63, 3.8) is 0 Å². The Labute approximate surface area is 105 Å². The third kappa shape index (κ3) is 4.25. The summed E-state index contributed by atoms with van der Waals surface area (Å²) < 4.78 is 0. The lowest BCUT2D eigenvalue weighted by atomic mass is 10.2. The number of carbonyl (C=O) groups is 2. The van der Waals surface area contributed by atoms with Gasteiger partial charge in [-0.1, -0.05) is 12.1 Å². The lowest BCUT2D eigenvalue weighted by Crippen LogP contribution is -2.39. The van der Waals surface area contributed by atoms with Gasteiger partial charge in [0.1, 0.15) is 5.69 Å². The second-order valence-corrected chi connectivity index (χ2v) is 3.71. The molecule has 1 aromatic rings. The van der Waals surface area contributed by atoms with Crippen LogP contribution in [0, 0.1) is 0 Å². The number of pyridine rings is 1. The fourth-order valence-corrected chi connectivity index (χ4v) is 1.15. The van der Waals surface area contributed by atoms with Crippen LogP contribution in [-0.4, -0.2) is 28.1 Å². The first-order valence-electron chi connectivity index (χ1n) is 5.38. The molecule has 0 bridgehead atoms. The Hall–Kier alpha value is -2.37. The molecule has 6 heteroatoms. The normalized spacial score (nSPS) is 11.4. The van der Waals surface area contributed by atoms with Crippen molar-refractivity contribution >= 4 is 12.0 Å². The Kier molecular flexibility index (Phi) is 4.86. The fraction of sp³-hybridized carbons (Fsp3) is 0.250. The molecule has 0 aliphatic rings. The Morgan fingerprint density at radius 3 is 2.78 bits per heavy atom. The smallest absolute Gasteiger partial charge is 0.354 e. The number of amides is 2. The van der Waals surface area contributed by atoms with E-state index in [-0.39, 0.29) is 24.3 Å². The van der Waals surface area contributed by atoms with Gasteiger partial charge in [-0.3, -0.25) is 0 Å². The summed E-state index contributed by atoms with van der Waals surface area (Å²) >= 11 is 0. The third-order valence-electron chi connectivity index (χ3n) is 2.21. The van der Waals surface area contributed by atoms with Gasteiger partial charge < -0.3 is 15.7 Å². The van der Waals surface area contributed by atoms with E-state index in [4.69, 9.17) is 5.11 Å². The van der Waals surface area contributed by atoms with Crippen molar-refractivity contribution in [3.8, 4) is 0 Å². The summed E-state index contributed by atoms with van der Waals surface area (Å²) in [5, 5.41) is 13.9. The molecule has 18 heavy (non-hydrogen) atoms. The molecule has 0 saturated carbocycles. The van der Waals surface area contributed by atoms with Crippen LogP contribution < -0.4 is 10.6 Å². The van der Waals surface area contributed by atoms with Gasteiger partial charge in [0.15, 0.2) is 0 Å². The van der Waals surface area contributed by atoms with E-state index in [1.54, 1.807) is 19.1 Å². The number of nitrogens with one attached hydrogen (secondary N) is 2. The van der Waals surface area contributed by atoms with Crippen molar-refractivity contribution < 1.29 is 14.7 Å². The Morgan fingerprint density at radius 1 is 1.56 bits per heavy atom. The van der Waals surface area contributed by atoms with Crippen molar-refractivity contribution in [1.29, 1.82) is 0 Å². The zero-order valence-electron chi connectivity index (χ0n) is 10.0. The highest BCUT2D eigenvalue weighted by Gasteiger charge is 2.05. The van der Waals surface area contributed by atoms with E-state index in [2.05, 4.69) is 22.2 Å². The maximum Gasteiger partial charge on any atom is 0.354 e. The topological polar surface area (TPSA) is 91.3 Å². The Balaban J connectivity index is 2.46. The van der Waals surface area contributed by atoms with Gasteiger partial charge in [-0.2, -0.15) is 0 Å². The molecule has 2 amide bonds. The minimum Gasteiger partial charge on any atom is -0.477 e. The summed E-state index contributed by atoms with van der Waals surface area (Å²) in [6, 6.07) is 2.57. The molecule has 1 unspecified atom stereocenters. The van der Waals surface area contributed by atoms with Gasteiger partial charge in [0.05, 0.1) is 0 Å². The molecular weight excluding hydrogens is 234 g/mol. The van der Waals surface area contributed by atoms with Crippen LogP contribution in [0.25, 0.3) is 0 Å². The monoisotopic (exact) mass is 249 g/mol. The van der Waals surface area contributed by atoms with E-state index >= 15 is 0 Å². The Bertz CT molecular complexity index is 442. The summed E-state index contributed by atoms with van der Waals surface area (Å²) in [6.07, 6.45) is 3.03. The molecule has 0 radical (unpaired) electrons. The first kappa shape index (κ1) is 13.7. The average molecular weight is 249 g/mol. The molecule has 0 spiro atoms. The fourth-order valence-electron chi connectivity index (χ4n) is 1.15. The van der Waals surface area contributed by atoms with Crippen molar-refractivity contribution in [2.45, 2.75) is 19.5 Å². The molecule has 1 rings (SSSR count). The highest BCUT2D eigenvalue weighted by molar-refractivity contribution is 5.85.